The number of hydrogen-bond acceptors (Lipinski definition) is 3. The molecule has 0 radical (unpaired) electrons. The molecule has 0 saturated heterocycles. The van der Waals surface area contributed by atoms with Crippen molar-refractivity contribution in [3.8, 4) is 0 Å². The van der Waals surface area contributed by atoms with Crippen LogP contribution in [0.5, 0.6) is 0 Å². The van der Waals surface area contributed by atoms with Gasteiger partial charge in [-0.3, -0.25) is 4.79 Å². The van der Waals surface area contributed by atoms with Crippen LogP contribution in [0, 0.1) is 0 Å². The van der Waals surface area contributed by atoms with Gasteiger partial charge in [-0.25, -0.2) is 4.98 Å². The molecular weight excluding hydrogens is 204 g/mol. The summed E-state index contributed by atoms with van der Waals surface area (Å²) >= 11 is 0. The fourth-order valence-corrected chi connectivity index (χ4v) is 1.34. The van der Waals surface area contributed by atoms with Crippen LogP contribution in [0.15, 0.2) is 18.3 Å². The maximum Gasteiger partial charge on any atom is 0.151 e. The van der Waals surface area contributed by atoms with Gasteiger partial charge in [0.2, 0.25) is 0 Å². The monoisotopic (exact) mass is 220 g/mol. The van der Waals surface area contributed by atoms with E-state index in [0.717, 1.165) is 11.7 Å². The Labute approximate surface area is 94.3 Å². The third kappa shape index (κ3) is 2.46. The number of pyridine rings is 1. The summed E-state index contributed by atoms with van der Waals surface area (Å²) < 4.78 is 0. The van der Waals surface area contributed by atoms with Gasteiger partial charge in [-0.05, 0) is 19.1 Å². The van der Waals surface area contributed by atoms with Crippen molar-refractivity contribution in [2.45, 2.75) is 26.9 Å². The molecule has 4 nitrogen and oxygen atoms in total. The van der Waals surface area contributed by atoms with Crippen LogP contribution in [0.3, 0.4) is 0 Å². The third-order valence-electron chi connectivity index (χ3n) is 2.10. The molecule has 4 heteroatoms. The van der Waals surface area contributed by atoms with Crippen molar-refractivity contribution in [3.05, 3.63) is 29.6 Å². The van der Waals surface area contributed by atoms with E-state index in [-0.39, 0.29) is 0 Å². The van der Waals surface area contributed by atoms with Gasteiger partial charge in [0.1, 0.15) is 5.65 Å². The molecule has 2 aromatic rings. The fraction of sp³-hybridized carbons (Fsp3) is 0.333. The van der Waals surface area contributed by atoms with Gasteiger partial charge in [0.15, 0.2) is 6.29 Å². The van der Waals surface area contributed by atoms with E-state index in [9.17, 15) is 9.90 Å². The average molecular weight is 220 g/mol. The number of hydrogen-bond donors (Lipinski definition) is 2. The van der Waals surface area contributed by atoms with Crippen molar-refractivity contribution in [1.82, 2.24) is 9.97 Å². The number of nitrogens with zero attached hydrogens (tertiary/aromatic N) is 1. The molecular formula is C12H16N2O2. The highest BCUT2D eigenvalue weighted by Gasteiger charge is 2.06. The fourth-order valence-electron chi connectivity index (χ4n) is 1.34. The molecule has 0 aromatic carbocycles. The first-order chi connectivity index (χ1) is 7.70. The van der Waals surface area contributed by atoms with Crippen molar-refractivity contribution < 1.29 is 9.90 Å². The summed E-state index contributed by atoms with van der Waals surface area (Å²) in [5.74, 6) is 0. The molecule has 0 aliphatic rings. The van der Waals surface area contributed by atoms with Gasteiger partial charge in [0, 0.05) is 22.8 Å². The van der Waals surface area contributed by atoms with E-state index < -0.39 is 6.10 Å². The zero-order valence-corrected chi connectivity index (χ0v) is 9.69. The largest absolute Gasteiger partial charge is 0.387 e. The van der Waals surface area contributed by atoms with Crippen LogP contribution < -0.4 is 0 Å². The minimum Gasteiger partial charge on any atom is -0.387 e. The number of nitrogens with one attached hydrogen (secondary N) is 1. The van der Waals surface area contributed by atoms with E-state index in [1.807, 2.05) is 13.8 Å². The Balaban J connectivity index is 0.000000606. The van der Waals surface area contributed by atoms with Gasteiger partial charge in [0.05, 0.1) is 6.10 Å². The summed E-state index contributed by atoms with van der Waals surface area (Å²) in [5, 5.41) is 10.2. The molecule has 16 heavy (non-hydrogen) atoms. The molecule has 2 heterocycles. The predicted molar refractivity (Wildman–Crippen MR) is 63.5 cm³/mol. The lowest BCUT2D eigenvalue weighted by Gasteiger charge is -1.96. The Morgan fingerprint density at radius 2 is 2.12 bits per heavy atom. The summed E-state index contributed by atoms with van der Waals surface area (Å²) in [4.78, 5) is 17.5. The van der Waals surface area contributed by atoms with Crippen LogP contribution in [0.25, 0.3) is 11.0 Å². The molecule has 0 fully saturated rings. The number of aromatic nitrogens is 2. The number of H-pyrrole nitrogens is 1. The quantitative estimate of drug-likeness (QED) is 0.764. The first kappa shape index (κ1) is 12.4. The number of fused-ring (bicyclic) bond motifs is 1. The maximum atomic E-state index is 10.5. The van der Waals surface area contributed by atoms with Gasteiger partial charge >= 0.3 is 0 Å². The second-order valence-electron chi connectivity index (χ2n) is 3.22. The van der Waals surface area contributed by atoms with E-state index >= 15 is 0 Å². The zero-order chi connectivity index (χ0) is 12.1. The van der Waals surface area contributed by atoms with Crippen LogP contribution >= 0.6 is 0 Å². The smallest absolute Gasteiger partial charge is 0.151 e. The predicted octanol–water partition coefficient (Wildman–Crippen LogP) is 2.45. The molecule has 2 rings (SSSR count). The van der Waals surface area contributed by atoms with Crippen LogP contribution in [-0.4, -0.2) is 21.4 Å². The van der Waals surface area contributed by atoms with Crippen molar-refractivity contribution in [1.29, 1.82) is 0 Å². The zero-order valence-electron chi connectivity index (χ0n) is 9.69. The lowest BCUT2D eigenvalue weighted by molar-refractivity contribution is 0.112. The Bertz CT molecular complexity index is 475. The highest BCUT2D eigenvalue weighted by atomic mass is 16.3. The summed E-state index contributed by atoms with van der Waals surface area (Å²) in [6.45, 7) is 5.67. The van der Waals surface area contributed by atoms with Crippen molar-refractivity contribution in [2.75, 3.05) is 0 Å². The Kier molecular flexibility index (Phi) is 4.19. The first-order valence-electron chi connectivity index (χ1n) is 5.32. The molecule has 0 spiro atoms. The molecule has 1 atom stereocenters. The standard InChI is InChI=1S/C10H10N2O2.C2H6/c1-6(14)9-3-8-2-7(5-13)4-11-10(8)12-9;1-2/h2-6,14H,1H3,(H,11,12);1-2H3. The summed E-state index contributed by atoms with van der Waals surface area (Å²) in [6, 6.07) is 3.53. The molecule has 0 amide bonds. The number of rotatable bonds is 2. The number of aromatic amines is 1. The van der Waals surface area contributed by atoms with E-state index in [1.165, 1.54) is 6.20 Å². The second-order valence-corrected chi connectivity index (χ2v) is 3.22. The minimum absolute atomic E-state index is 0.536. The minimum atomic E-state index is -0.552. The number of aliphatic hydroxyl groups excluding tert-OH is 1. The Hall–Kier alpha value is -1.68. The van der Waals surface area contributed by atoms with Gasteiger partial charge in [0.25, 0.3) is 0 Å². The Morgan fingerprint density at radius 3 is 2.69 bits per heavy atom. The lowest BCUT2D eigenvalue weighted by Crippen LogP contribution is -1.89. The third-order valence-corrected chi connectivity index (χ3v) is 2.10. The molecule has 0 aliphatic heterocycles. The topological polar surface area (TPSA) is 66.0 Å². The molecule has 0 aliphatic carbocycles. The van der Waals surface area contributed by atoms with Crippen LogP contribution in [0.1, 0.15) is 42.9 Å². The van der Waals surface area contributed by atoms with Gasteiger partial charge in [-0.1, -0.05) is 13.8 Å². The van der Waals surface area contributed by atoms with Crippen LogP contribution in [0.4, 0.5) is 0 Å². The average Bonchev–Trinajstić information content (AvgIpc) is 2.74. The molecule has 2 N–H and O–H groups in total. The molecule has 0 saturated carbocycles. The lowest BCUT2D eigenvalue weighted by atomic mass is 10.2. The molecule has 2 aromatic heterocycles. The van der Waals surface area contributed by atoms with E-state index in [0.29, 0.717) is 16.9 Å². The van der Waals surface area contributed by atoms with Gasteiger partial charge in [-0.15, -0.1) is 0 Å². The van der Waals surface area contributed by atoms with Crippen LogP contribution in [-0.2, 0) is 0 Å². The normalized spacial score (nSPS) is 11.8. The SMILES string of the molecule is CC.CC(O)c1cc2cc(C=O)cnc2[nH]1. The second kappa shape index (κ2) is 5.42. The van der Waals surface area contributed by atoms with E-state index in [1.54, 1.807) is 19.1 Å². The Morgan fingerprint density at radius 1 is 1.44 bits per heavy atom. The van der Waals surface area contributed by atoms with Crippen molar-refractivity contribution in [2.24, 2.45) is 0 Å². The molecule has 86 valence electrons. The van der Waals surface area contributed by atoms with Crippen molar-refractivity contribution >= 4 is 17.3 Å². The maximum absolute atomic E-state index is 10.5. The number of aliphatic hydroxyl groups is 1. The van der Waals surface area contributed by atoms with E-state index in [2.05, 4.69) is 9.97 Å². The summed E-state index contributed by atoms with van der Waals surface area (Å²) in [6.07, 6.45) is 1.70. The van der Waals surface area contributed by atoms with E-state index in [4.69, 9.17) is 0 Å². The number of carbonyl (C=O) groups is 1. The van der Waals surface area contributed by atoms with Gasteiger partial charge < -0.3 is 10.1 Å². The van der Waals surface area contributed by atoms with Crippen LogP contribution in [0.2, 0.25) is 0 Å². The summed E-state index contributed by atoms with van der Waals surface area (Å²) in [7, 11) is 0. The molecule has 1 unspecified atom stereocenters. The highest BCUT2D eigenvalue weighted by molar-refractivity contribution is 5.84. The number of aldehydes is 1. The van der Waals surface area contributed by atoms with Crippen molar-refractivity contribution in [3.63, 3.8) is 0 Å². The number of carbonyl (C=O) groups excluding carboxylic acids is 1. The highest BCUT2D eigenvalue weighted by Crippen LogP contribution is 2.18. The summed E-state index contributed by atoms with van der Waals surface area (Å²) in [5.41, 5.74) is 1.93. The first-order valence-corrected chi connectivity index (χ1v) is 5.32. The molecule has 0 bridgehead atoms. The van der Waals surface area contributed by atoms with Gasteiger partial charge in [-0.2, -0.15) is 0 Å².